The Bertz CT molecular complexity index is 655. The van der Waals surface area contributed by atoms with E-state index in [1.54, 1.807) is 10.9 Å². The Hall–Kier alpha value is -2.41. The van der Waals surface area contributed by atoms with Crippen LogP contribution < -0.4 is 15.4 Å². The second-order valence-electron chi connectivity index (χ2n) is 5.03. The first-order valence-corrected chi connectivity index (χ1v) is 7.39. The average molecular weight is 301 g/mol. The normalized spacial score (nSPS) is 17.2. The summed E-state index contributed by atoms with van der Waals surface area (Å²) in [5, 5.41) is 14.0. The van der Waals surface area contributed by atoms with Crippen LogP contribution >= 0.6 is 0 Å². The van der Waals surface area contributed by atoms with Crippen molar-refractivity contribution in [3.63, 3.8) is 0 Å². The Labute approximate surface area is 128 Å². The molecule has 0 saturated carbocycles. The number of fused-ring (bicyclic) bond motifs is 1. The summed E-state index contributed by atoms with van der Waals surface area (Å²) in [5.41, 5.74) is 1.74. The molecule has 0 saturated heterocycles. The van der Waals surface area contributed by atoms with Crippen LogP contribution in [0.15, 0.2) is 30.5 Å². The Morgan fingerprint density at radius 1 is 1.50 bits per heavy atom. The summed E-state index contributed by atoms with van der Waals surface area (Å²) in [7, 11) is 0. The maximum atomic E-state index is 12.5. The third kappa shape index (κ3) is 2.94. The predicted octanol–water partition coefficient (Wildman–Crippen LogP) is 0.638. The minimum absolute atomic E-state index is 0.0817. The van der Waals surface area contributed by atoms with E-state index in [-0.39, 0.29) is 5.91 Å². The highest BCUT2D eigenvalue weighted by atomic mass is 16.5. The van der Waals surface area contributed by atoms with Crippen molar-refractivity contribution in [2.45, 2.75) is 26.1 Å². The molecule has 1 aliphatic rings. The summed E-state index contributed by atoms with van der Waals surface area (Å²) >= 11 is 0. The topological polar surface area (TPSA) is 81.1 Å². The summed E-state index contributed by atoms with van der Waals surface area (Å²) in [6.45, 7) is 4.29. The zero-order valence-electron chi connectivity index (χ0n) is 12.5. The third-order valence-electron chi connectivity index (χ3n) is 3.64. The molecule has 0 bridgehead atoms. The first kappa shape index (κ1) is 14.5. The van der Waals surface area contributed by atoms with E-state index in [0.29, 0.717) is 19.7 Å². The van der Waals surface area contributed by atoms with Gasteiger partial charge in [-0.15, -0.1) is 5.10 Å². The fourth-order valence-corrected chi connectivity index (χ4v) is 2.52. The monoisotopic (exact) mass is 301 g/mol. The maximum Gasteiger partial charge on any atom is 0.242 e. The van der Waals surface area contributed by atoms with Gasteiger partial charge in [-0.05, 0) is 13.0 Å². The van der Waals surface area contributed by atoms with Crippen LogP contribution in [0, 0.1) is 0 Å². The number of amides is 1. The van der Waals surface area contributed by atoms with Gasteiger partial charge < -0.3 is 10.1 Å². The lowest BCUT2D eigenvalue weighted by atomic mass is 10.1. The summed E-state index contributed by atoms with van der Waals surface area (Å²) < 4.78 is 7.41. The second kappa shape index (κ2) is 6.57. The minimum Gasteiger partial charge on any atom is -0.492 e. The van der Waals surface area contributed by atoms with Gasteiger partial charge in [0.1, 0.15) is 18.4 Å². The van der Waals surface area contributed by atoms with E-state index in [2.05, 4.69) is 20.9 Å². The lowest BCUT2D eigenvalue weighted by molar-refractivity contribution is -0.123. The van der Waals surface area contributed by atoms with Crippen molar-refractivity contribution in [1.82, 2.24) is 25.6 Å². The van der Waals surface area contributed by atoms with Crippen LogP contribution in [0.25, 0.3) is 0 Å². The Kier molecular flexibility index (Phi) is 4.34. The van der Waals surface area contributed by atoms with Gasteiger partial charge in [0.25, 0.3) is 0 Å². The number of aryl methyl sites for hydroxylation is 1. The first-order chi connectivity index (χ1) is 10.8. The molecule has 22 heavy (non-hydrogen) atoms. The fourth-order valence-electron chi connectivity index (χ4n) is 2.52. The van der Waals surface area contributed by atoms with Crippen molar-refractivity contribution in [3.05, 3.63) is 41.7 Å². The molecule has 0 spiro atoms. The summed E-state index contributed by atoms with van der Waals surface area (Å²) in [4.78, 5) is 12.5. The summed E-state index contributed by atoms with van der Waals surface area (Å²) in [6.07, 6.45) is 1.67. The van der Waals surface area contributed by atoms with Crippen molar-refractivity contribution in [2.75, 3.05) is 13.2 Å². The molecule has 2 N–H and O–H groups in total. The minimum atomic E-state index is -0.412. The van der Waals surface area contributed by atoms with Gasteiger partial charge in [0, 0.05) is 18.7 Å². The van der Waals surface area contributed by atoms with Gasteiger partial charge in [0.05, 0.1) is 18.4 Å². The number of hydrogen-bond acceptors (Lipinski definition) is 5. The second-order valence-corrected chi connectivity index (χ2v) is 5.03. The molecule has 2 heterocycles. The number of nitrogens with zero attached hydrogens (tertiary/aromatic N) is 3. The van der Waals surface area contributed by atoms with Gasteiger partial charge in [-0.3, -0.25) is 10.1 Å². The number of carbonyl (C=O) groups is 1. The van der Waals surface area contributed by atoms with Gasteiger partial charge >= 0.3 is 0 Å². The van der Waals surface area contributed by atoms with E-state index in [0.717, 1.165) is 23.6 Å². The number of rotatable bonds is 4. The van der Waals surface area contributed by atoms with Crippen molar-refractivity contribution in [2.24, 2.45) is 0 Å². The van der Waals surface area contributed by atoms with Crippen LogP contribution in [0.5, 0.6) is 5.75 Å². The van der Waals surface area contributed by atoms with Crippen LogP contribution in [0.2, 0.25) is 0 Å². The van der Waals surface area contributed by atoms with Gasteiger partial charge in [-0.2, -0.15) is 0 Å². The number of para-hydroxylation sites is 1. The highest BCUT2D eigenvalue weighted by molar-refractivity contribution is 5.84. The molecule has 3 rings (SSSR count). The molecule has 1 atom stereocenters. The highest BCUT2D eigenvalue weighted by Crippen LogP contribution is 2.26. The van der Waals surface area contributed by atoms with Crippen LogP contribution in [-0.2, 0) is 17.9 Å². The fraction of sp³-hybridized carbons (Fsp3) is 0.400. The van der Waals surface area contributed by atoms with Crippen molar-refractivity contribution in [3.8, 4) is 5.75 Å². The lowest BCUT2D eigenvalue weighted by Crippen LogP contribution is -2.37. The van der Waals surface area contributed by atoms with E-state index >= 15 is 0 Å². The standard InChI is InChI=1S/C15H19N5O2/c1-2-20-11(10-18-19-20)9-17-15(21)14-12-5-3-4-6-13(12)22-8-7-16-14/h3-6,10,14,16H,2,7-9H2,1H3,(H,17,21). The average Bonchev–Trinajstić information content (AvgIpc) is 2.90. The molecule has 0 aliphatic carbocycles. The molecule has 1 aromatic heterocycles. The number of benzene rings is 1. The summed E-state index contributed by atoms with van der Waals surface area (Å²) in [6, 6.07) is 7.20. The van der Waals surface area contributed by atoms with Crippen molar-refractivity contribution >= 4 is 5.91 Å². The zero-order chi connectivity index (χ0) is 15.4. The largest absolute Gasteiger partial charge is 0.492 e. The number of hydrogen-bond donors (Lipinski definition) is 2. The van der Waals surface area contributed by atoms with Gasteiger partial charge in [0.2, 0.25) is 5.91 Å². The van der Waals surface area contributed by atoms with E-state index in [1.165, 1.54) is 0 Å². The molecule has 0 fully saturated rings. The number of aromatic nitrogens is 3. The molecule has 1 aliphatic heterocycles. The van der Waals surface area contributed by atoms with E-state index in [9.17, 15) is 4.79 Å². The lowest BCUT2D eigenvalue weighted by Gasteiger charge is -2.17. The molecule has 1 unspecified atom stereocenters. The molecule has 7 nitrogen and oxygen atoms in total. The summed E-state index contributed by atoms with van der Waals surface area (Å²) in [5.74, 6) is 0.676. The van der Waals surface area contributed by atoms with Crippen molar-refractivity contribution < 1.29 is 9.53 Å². The predicted molar refractivity (Wildman–Crippen MR) is 80.2 cm³/mol. The molecule has 2 aromatic rings. The van der Waals surface area contributed by atoms with E-state index < -0.39 is 6.04 Å². The molecule has 1 amide bonds. The smallest absolute Gasteiger partial charge is 0.242 e. The molecule has 0 radical (unpaired) electrons. The Morgan fingerprint density at radius 2 is 2.36 bits per heavy atom. The molecule has 7 heteroatoms. The van der Waals surface area contributed by atoms with Crippen LogP contribution in [0.4, 0.5) is 0 Å². The van der Waals surface area contributed by atoms with Gasteiger partial charge in [-0.25, -0.2) is 4.68 Å². The van der Waals surface area contributed by atoms with Crippen LogP contribution in [-0.4, -0.2) is 34.1 Å². The quantitative estimate of drug-likeness (QED) is 0.866. The number of carbonyl (C=O) groups excluding carboxylic acids is 1. The Morgan fingerprint density at radius 3 is 3.23 bits per heavy atom. The molecular weight excluding hydrogens is 282 g/mol. The van der Waals surface area contributed by atoms with Crippen molar-refractivity contribution in [1.29, 1.82) is 0 Å². The third-order valence-corrected chi connectivity index (χ3v) is 3.64. The van der Waals surface area contributed by atoms with Gasteiger partial charge in [-0.1, -0.05) is 23.4 Å². The van der Waals surface area contributed by atoms with Gasteiger partial charge in [0.15, 0.2) is 0 Å². The maximum absolute atomic E-state index is 12.5. The van der Waals surface area contributed by atoms with Crippen LogP contribution in [0.1, 0.15) is 24.2 Å². The Balaban J connectivity index is 1.72. The molecule has 1 aromatic carbocycles. The molecular formula is C15H19N5O2. The SMILES string of the molecule is CCn1nncc1CNC(=O)C1NCCOc2ccccc21. The number of ether oxygens (including phenoxy) is 1. The zero-order valence-corrected chi connectivity index (χ0v) is 12.5. The number of nitrogens with one attached hydrogen (secondary N) is 2. The highest BCUT2D eigenvalue weighted by Gasteiger charge is 2.25. The van der Waals surface area contributed by atoms with E-state index in [4.69, 9.17) is 4.74 Å². The van der Waals surface area contributed by atoms with E-state index in [1.807, 2.05) is 31.2 Å². The molecule has 116 valence electrons. The first-order valence-electron chi connectivity index (χ1n) is 7.39. The van der Waals surface area contributed by atoms with Crippen LogP contribution in [0.3, 0.4) is 0 Å².